The van der Waals surface area contributed by atoms with Gasteiger partial charge >= 0.3 is 12.1 Å². The summed E-state index contributed by atoms with van der Waals surface area (Å²) in [6, 6.07) is 2.85. The summed E-state index contributed by atoms with van der Waals surface area (Å²) in [6.45, 7) is -0.517. The molecule has 1 fully saturated rings. The number of carboxylic acids is 1. The molecule has 1 aromatic rings. The first-order chi connectivity index (χ1) is 10.1. The summed E-state index contributed by atoms with van der Waals surface area (Å²) in [5, 5.41) is 8.80. The largest absolute Gasteiger partial charge is 0.480 e. The molecule has 0 aromatic heterocycles. The summed E-state index contributed by atoms with van der Waals surface area (Å²) in [7, 11) is 1.30. The highest BCUT2D eigenvalue weighted by Crippen LogP contribution is 2.52. The summed E-state index contributed by atoms with van der Waals surface area (Å²) in [5.74, 6) is -1.72. The molecule has 1 amide bonds. The average molecular weight is 336 g/mol. The molecule has 4 nitrogen and oxygen atoms in total. The fourth-order valence-corrected chi connectivity index (χ4v) is 2.73. The van der Waals surface area contributed by atoms with Gasteiger partial charge in [-0.05, 0) is 36.6 Å². The summed E-state index contributed by atoms with van der Waals surface area (Å²) in [5.41, 5.74) is -1.93. The van der Waals surface area contributed by atoms with Gasteiger partial charge in [0, 0.05) is 12.1 Å². The number of carboxylic acid groups (broad SMARTS) is 1. The van der Waals surface area contributed by atoms with Crippen molar-refractivity contribution in [2.45, 2.75) is 24.4 Å². The van der Waals surface area contributed by atoms with Gasteiger partial charge in [-0.1, -0.05) is 11.6 Å². The fourth-order valence-electron chi connectivity index (χ4n) is 2.43. The molecular weight excluding hydrogens is 323 g/mol. The number of hydrogen-bond acceptors (Lipinski definition) is 2. The van der Waals surface area contributed by atoms with Gasteiger partial charge in [0.25, 0.3) is 0 Å². The molecule has 2 rings (SSSR count). The van der Waals surface area contributed by atoms with Crippen molar-refractivity contribution in [2.24, 2.45) is 0 Å². The molecule has 0 spiro atoms. The third-order valence-corrected chi connectivity index (χ3v) is 4.02. The molecule has 0 unspecified atom stereocenters. The number of likely N-dealkylation sites (N-methyl/N-ethyl adjacent to an activating group) is 1. The van der Waals surface area contributed by atoms with Gasteiger partial charge in [-0.25, -0.2) is 0 Å². The molecular formula is C14H13ClF3NO3. The summed E-state index contributed by atoms with van der Waals surface area (Å²) >= 11 is 5.97. The van der Waals surface area contributed by atoms with Crippen LogP contribution >= 0.6 is 11.6 Å². The Morgan fingerprint density at radius 2 is 1.95 bits per heavy atom. The van der Waals surface area contributed by atoms with Crippen LogP contribution in [0, 0.1) is 0 Å². The van der Waals surface area contributed by atoms with Crippen LogP contribution in [-0.2, 0) is 21.2 Å². The lowest BCUT2D eigenvalue weighted by Gasteiger charge is -2.24. The summed E-state index contributed by atoms with van der Waals surface area (Å²) in [4.78, 5) is 24.1. The second-order valence-electron chi connectivity index (χ2n) is 5.33. The van der Waals surface area contributed by atoms with Crippen LogP contribution in [0.25, 0.3) is 0 Å². The summed E-state index contributed by atoms with van der Waals surface area (Å²) < 4.78 is 38.5. The van der Waals surface area contributed by atoms with Gasteiger partial charge in [0.05, 0.1) is 11.0 Å². The molecule has 8 heteroatoms. The Labute approximate surface area is 129 Å². The van der Waals surface area contributed by atoms with Crippen molar-refractivity contribution < 1.29 is 27.9 Å². The Morgan fingerprint density at radius 1 is 1.36 bits per heavy atom. The van der Waals surface area contributed by atoms with Gasteiger partial charge < -0.3 is 10.0 Å². The first-order valence-electron chi connectivity index (χ1n) is 6.42. The number of alkyl halides is 3. The van der Waals surface area contributed by atoms with E-state index in [1.54, 1.807) is 0 Å². The predicted octanol–water partition coefficient (Wildman–Crippen LogP) is 2.93. The van der Waals surface area contributed by atoms with Gasteiger partial charge in [0.2, 0.25) is 5.91 Å². The molecule has 1 N–H and O–H groups in total. The second-order valence-corrected chi connectivity index (χ2v) is 5.74. The first kappa shape index (κ1) is 16.6. The molecule has 0 radical (unpaired) electrons. The molecule has 120 valence electrons. The van der Waals surface area contributed by atoms with Crippen LogP contribution in [0.1, 0.15) is 24.0 Å². The molecule has 0 aliphatic heterocycles. The number of aliphatic carboxylic acids is 1. The van der Waals surface area contributed by atoms with Gasteiger partial charge in [-0.2, -0.15) is 13.2 Å². The Balaban J connectivity index is 2.38. The van der Waals surface area contributed by atoms with Crippen molar-refractivity contribution in [3.8, 4) is 0 Å². The highest BCUT2D eigenvalue weighted by atomic mass is 35.5. The Hall–Kier alpha value is -1.76. The van der Waals surface area contributed by atoms with Gasteiger partial charge in [-0.3, -0.25) is 9.59 Å². The van der Waals surface area contributed by atoms with E-state index in [0.29, 0.717) is 12.8 Å². The van der Waals surface area contributed by atoms with Crippen LogP contribution in [-0.4, -0.2) is 35.5 Å². The molecule has 1 aliphatic rings. The molecule has 1 aliphatic carbocycles. The molecule has 0 heterocycles. The lowest BCUT2D eigenvalue weighted by Crippen LogP contribution is -2.39. The molecule has 22 heavy (non-hydrogen) atoms. The number of rotatable bonds is 4. The SMILES string of the molecule is CN(CC(=O)O)C(=O)C1(c2cc(C(F)(F)F)ccc2Cl)CC1. The van der Waals surface area contributed by atoms with Crippen molar-refractivity contribution in [1.29, 1.82) is 0 Å². The van der Waals surface area contributed by atoms with E-state index in [4.69, 9.17) is 16.7 Å². The zero-order valence-corrected chi connectivity index (χ0v) is 12.3. The second kappa shape index (κ2) is 5.46. The number of benzene rings is 1. The van der Waals surface area contributed by atoms with Gasteiger partial charge in [0.15, 0.2) is 0 Å². The van der Waals surface area contributed by atoms with Gasteiger partial charge in [0.1, 0.15) is 6.54 Å². The molecule has 0 saturated heterocycles. The van der Waals surface area contributed by atoms with Crippen LogP contribution in [0.2, 0.25) is 5.02 Å². The smallest absolute Gasteiger partial charge is 0.416 e. The number of amides is 1. The minimum Gasteiger partial charge on any atom is -0.480 e. The van der Waals surface area contributed by atoms with Crippen molar-refractivity contribution in [1.82, 2.24) is 4.90 Å². The Kier molecular flexibility index (Phi) is 4.12. The molecule has 0 bridgehead atoms. The lowest BCUT2D eigenvalue weighted by molar-refractivity contribution is -0.144. The maximum Gasteiger partial charge on any atom is 0.416 e. The number of halogens is 4. The van der Waals surface area contributed by atoms with E-state index in [-0.39, 0.29) is 10.6 Å². The van der Waals surface area contributed by atoms with Crippen LogP contribution in [0.3, 0.4) is 0 Å². The van der Waals surface area contributed by atoms with Crippen molar-refractivity contribution >= 4 is 23.5 Å². The van der Waals surface area contributed by atoms with E-state index in [2.05, 4.69) is 0 Å². The highest BCUT2D eigenvalue weighted by molar-refractivity contribution is 6.32. The Bertz CT molecular complexity index is 626. The van der Waals surface area contributed by atoms with Gasteiger partial charge in [-0.15, -0.1) is 0 Å². The zero-order valence-electron chi connectivity index (χ0n) is 11.6. The lowest BCUT2D eigenvalue weighted by atomic mass is 9.92. The molecule has 1 aromatic carbocycles. The zero-order chi connectivity index (χ0) is 16.7. The predicted molar refractivity (Wildman–Crippen MR) is 72.6 cm³/mol. The average Bonchev–Trinajstić information content (AvgIpc) is 3.17. The molecule has 0 atom stereocenters. The van der Waals surface area contributed by atoms with Crippen molar-refractivity contribution in [2.75, 3.05) is 13.6 Å². The Morgan fingerprint density at radius 3 is 2.41 bits per heavy atom. The number of nitrogens with zero attached hydrogens (tertiary/aromatic N) is 1. The monoisotopic (exact) mass is 335 g/mol. The normalized spacial score (nSPS) is 16.2. The van der Waals surface area contributed by atoms with Crippen LogP contribution < -0.4 is 0 Å². The van der Waals surface area contributed by atoms with Crippen molar-refractivity contribution in [3.63, 3.8) is 0 Å². The number of hydrogen-bond donors (Lipinski definition) is 1. The molecule has 1 saturated carbocycles. The topological polar surface area (TPSA) is 57.6 Å². The minimum atomic E-state index is -4.54. The fraction of sp³-hybridized carbons (Fsp3) is 0.429. The number of carbonyl (C=O) groups is 2. The van der Waals surface area contributed by atoms with Crippen LogP contribution in [0.4, 0.5) is 13.2 Å². The maximum absolute atomic E-state index is 12.8. The van der Waals surface area contributed by atoms with E-state index in [0.717, 1.165) is 23.1 Å². The van der Waals surface area contributed by atoms with Crippen LogP contribution in [0.5, 0.6) is 0 Å². The standard InChI is InChI=1S/C14H13ClF3NO3/c1-19(7-11(20)21)12(22)13(4-5-13)9-6-8(14(16,17)18)2-3-10(9)15/h2-3,6H,4-5,7H2,1H3,(H,20,21). The first-order valence-corrected chi connectivity index (χ1v) is 6.80. The highest BCUT2D eigenvalue weighted by Gasteiger charge is 2.54. The van der Waals surface area contributed by atoms with Crippen LogP contribution in [0.15, 0.2) is 18.2 Å². The summed E-state index contributed by atoms with van der Waals surface area (Å²) in [6.07, 6.45) is -3.85. The van der Waals surface area contributed by atoms with E-state index < -0.39 is 35.6 Å². The van der Waals surface area contributed by atoms with E-state index >= 15 is 0 Å². The maximum atomic E-state index is 12.8. The van der Waals surface area contributed by atoms with E-state index in [1.807, 2.05) is 0 Å². The third kappa shape index (κ3) is 3.04. The number of carbonyl (C=O) groups excluding carboxylic acids is 1. The minimum absolute atomic E-state index is 0.0718. The van der Waals surface area contributed by atoms with E-state index in [9.17, 15) is 22.8 Å². The third-order valence-electron chi connectivity index (χ3n) is 3.69. The van der Waals surface area contributed by atoms with E-state index in [1.165, 1.54) is 7.05 Å². The quantitative estimate of drug-likeness (QED) is 0.920. The van der Waals surface area contributed by atoms with Crippen molar-refractivity contribution in [3.05, 3.63) is 34.3 Å².